The van der Waals surface area contributed by atoms with E-state index in [0.29, 0.717) is 10.8 Å². The van der Waals surface area contributed by atoms with Gasteiger partial charge < -0.3 is 49.6 Å². The quantitative estimate of drug-likeness (QED) is 0.312. The van der Waals surface area contributed by atoms with E-state index in [-0.39, 0.29) is 102 Å². The summed E-state index contributed by atoms with van der Waals surface area (Å²) in [5.74, 6) is 1.65. The zero-order valence-electron chi connectivity index (χ0n) is 30.4. The Labute approximate surface area is 350 Å². The summed E-state index contributed by atoms with van der Waals surface area (Å²) in [6.45, 7) is 22.6. The van der Waals surface area contributed by atoms with Crippen molar-refractivity contribution < 1.29 is 102 Å². The van der Waals surface area contributed by atoms with Gasteiger partial charge in [0.1, 0.15) is 0 Å². The van der Waals surface area contributed by atoms with Crippen LogP contribution in [0, 0.1) is 47.0 Å². The Morgan fingerprint density at radius 3 is 0.913 bits per heavy atom. The first-order valence-electron chi connectivity index (χ1n) is 15.9. The second-order valence-corrected chi connectivity index (χ2v) is 14.1. The van der Waals surface area contributed by atoms with E-state index in [1.807, 2.05) is 0 Å². The third-order valence-electron chi connectivity index (χ3n) is 7.04. The molecule has 0 N–H and O–H groups in total. The molecule has 0 fully saturated rings. The molecule has 0 aliphatic heterocycles. The van der Waals surface area contributed by atoms with Gasteiger partial charge in [0.15, 0.2) is 0 Å². The predicted octanol–water partition coefficient (Wildman–Crippen LogP) is 0.459. The summed E-state index contributed by atoms with van der Waals surface area (Å²) >= 11 is 0. The maximum atomic E-state index is 3.33. The molecule has 0 spiro atoms. The van der Waals surface area contributed by atoms with Crippen molar-refractivity contribution in [3.8, 4) is 0 Å². The van der Waals surface area contributed by atoms with Crippen molar-refractivity contribution in [2.45, 2.75) is 133 Å². The molecule has 0 amide bonds. The van der Waals surface area contributed by atoms with Gasteiger partial charge in [0.05, 0.1) is 0 Å². The zero-order valence-corrected chi connectivity index (χ0v) is 38.3. The minimum absolute atomic E-state index is 0. The Kier molecular flexibility index (Phi) is 42.4. The van der Waals surface area contributed by atoms with Crippen LogP contribution in [-0.2, 0) is 52.4 Å². The van der Waals surface area contributed by atoms with Crippen LogP contribution < -0.4 is 49.6 Å². The van der Waals surface area contributed by atoms with E-state index in [2.05, 4.69) is 142 Å². The van der Waals surface area contributed by atoms with Crippen LogP contribution in [0.2, 0.25) is 0 Å². The number of rotatable bonds is 8. The zero-order chi connectivity index (χ0) is 30.0. The van der Waals surface area contributed by atoms with E-state index in [1.165, 1.54) is 48.0 Å². The van der Waals surface area contributed by atoms with Crippen LogP contribution in [0.4, 0.5) is 0 Å². The van der Waals surface area contributed by atoms with Gasteiger partial charge in [0.25, 0.3) is 0 Å². The van der Waals surface area contributed by atoms with Crippen LogP contribution in [0.15, 0.2) is 70.9 Å². The number of hydrogen-bond acceptors (Lipinski definition) is 0. The molecule has 6 heteroatoms. The van der Waals surface area contributed by atoms with Gasteiger partial charge in [-0.1, -0.05) is 108 Å². The monoisotopic (exact) mass is 860 g/mol. The molecule has 4 rings (SSSR count). The molecule has 2 atom stereocenters. The molecule has 0 aromatic rings. The Morgan fingerprint density at radius 1 is 0.500 bits per heavy atom. The summed E-state index contributed by atoms with van der Waals surface area (Å²) in [6.07, 6.45) is 42.2. The molecule has 0 saturated carbocycles. The van der Waals surface area contributed by atoms with Crippen molar-refractivity contribution in [2.24, 2.45) is 22.7 Å². The Balaban J connectivity index is -0.000000111. The first-order valence-corrected chi connectivity index (χ1v) is 15.9. The van der Waals surface area contributed by atoms with Gasteiger partial charge in [0.2, 0.25) is 0 Å². The first kappa shape index (κ1) is 59.0. The number of allylic oxidation sites excluding steroid dienone is 16. The van der Waals surface area contributed by atoms with E-state index in [1.54, 1.807) is 0 Å². The van der Waals surface area contributed by atoms with Gasteiger partial charge in [-0.2, -0.15) is 24.3 Å². The fourth-order valence-electron chi connectivity index (χ4n) is 4.51. The van der Waals surface area contributed by atoms with Crippen LogP contribution in [-0.4, -0.2) is 0 Å². The van der Waals surface area contributed by atoms with E-state index in [0.717, 1.165) is 50.4 Å². The van der Waals surface area contributed by atoms with Crippen LogP contribution in [0.5, 0.6) is 0 Å². The van der Waals surface area contributed by atoms with Crippen LogP contribution in [0.3, 0.4) is 0 Å². The smallest absolute Gasteiger partial charge is 1.00 e. The summed E-state index contributed by atoms with van der Waals surface area (Å²) in [5.41, 5.74) is 6.41. The van der Waals surface area contributed by atoms with Gasteiger partial charge in [0, 0.05) is 0 Å². The van der Waals surface area contributed by atoms with Gasteiger partial charge in [-0.25, -0.2) is 46.6 Å². The molecule has 256 valence electrons. The molecular weight excluding hydrogens is 805 g/mol. The number of hydrogen-bond donors (Lipinski definition) is 0. The molecule has 0 radical (unpaired) electrons. The molecule has 0 heterocycles. The third-order valence-corrected chi connectivity index (χ3v) is 7.04. The van der Waals surface area contributed by atoms with Gasteiger partial charge in [-0.3, -0.25) is 24.3 Å². The topological polar surface area (TPSA) is 0 Å². The van der Waals surface area contributed by atoms with Crippen molar-refractivity contribution in [3.63, 3.8) is 0 Å². The van der Waals surface area contributed by atoms with Crippen molar-refractivity contribution in [1.82, 2.24) is 0 Å². The minimum Gasteiger partial charge on any atom is -1.00 e. The third kappa shape index (κ3) is 33.3. The van der Waals surface area contributed by atoms with Crippen molar-refractivity contribution in [3.05, 3.63) is 95.2 Å². The standard InChI is InChI=1S/4C10H15.4ClH.2Zr/c2*1-10(2,3)8-9-6-4-5-7-9;2*1-3-9(2)8-10-6-4-5-7-10;;;;;;/h2*4,6H,5,8H2,1-3H3;2*4,6,9H,3,5,8H2,1-2H3;4*1H;;/q4*-1;;;;;2*+4/p-4. The largest absolute Gasteiger partial charge is 4.00 e. The second kappa shape index (κ2) is 33.0. The predicted molar refractivity (Wildman–Crippen MR) is 178 cm³/mol. The van der Waals surface area contributed by atoms with Crippen LogP contribution >= 0.6 is 0 Å². The summed E-state index contributed by atoms with van der Waals surface area (Å²) in [7, 11) is 0. The summed E-state index contributed by atoms with van der Waals surface area (Å²) in [4.78, 5) is 0. The Hall–Kier alpha value is 0.846. The molecule has 0 aromatic heterocycles. The average Bonchev–Trinajstić information content (AvgIpc) is 3.68. The maximum absolute atomic E-state index is 3.33. The summed E-state index contributed by atoms with van der Waals surface area (Å²) in [5, 5.41) is 0. The van der Waals surface area contributed by atoms with E-state index in [4.69, 9.17) is 0 Å². The van der Waals surface area contributed by atoms with Crippen molar-refractivity contribution in [1.29, 1.82) is 0 Å². The molecule has 2 unspecified atom stereocenters. The van der Waals surface area contributed by atoms with Crippen LogP contribution in [0.1, 0.15) is 133 Å². The molecule has 0 saturated heterocycles. The Morgan fingerprint density at radius 2 is 0.739 bits per heavy atom. The first-order chi connectivity index (χ1) is 18.8. The molecule has 0 nitrogen and oxygen atoms in total. The molecule has 0 aromatic carbocycles. The van der Waals surface area contributed by atoms with E-state index in [9.17, 15) is 0 Å². The van der Waals surface area contributed by atoms with Gasteiger partial charge >= 0.3 is 52.4 Å². The normalized spacial score (nSPS) is 16.0. The maximum Gasteiger partial charge on any atom is 4.00 e. The van der Waals surface area contributed by atoms with Crippen molar-refractivity contribution >= 4 is 0 Å². The van der Waals surface area contributed by atoms with E-state index >= 15 is 0 Å². The fourth-order valence-corrected chi connectivity index (χ4v) is 4.51. The molecule has 0 bridgehead atoms. The van der Waals surface area contributed by atoms with Crippen LogP contribution in [0.25, 0.3) is 0 Å². The fraction of sp³-hybridized carbons (Fsp3) is 0.600. The number of halogens is 4. The van der Waals surface area contributed by atoms with E-state index < -0.39 is 0 Å². The van der Waals surface area contributed by atoms with Gasteiger partial charge in [-0.15, -0.1) is 25.7 Å². The average molecular weight is 865 g/mol. The second-order valence-electron chi connectivity index (χ2n) is 14.1. The molecule has 46 heavy (non-hydrogen) atoms. The van der Waals surface area contributed by atoms with Crippen molar-refractivity contribution in [2.75, 3.05) is 0 Å². The summed E-state index contributed by atoms with van der Waals surface area (Å²) in [6, 6.07) is 0. The molecular formula is C40H60Cl4Zr2. The van der Waals surface area contributed by atoms with Gasteiger partial charge in [-0.05, 0) is 22.7 Å². The minimum atomic E-state index is 0. The summed E-state index contributed by atoms with van der Waals surface area (Å²) < 4.78 is 0. The Bertz CT molecular complexity index is 904. The molecule has 4 aliphatic rings. The SMILES string of the molecule is CC(C)(C)CC1=[C-]CC=C1.CC(C)(C)CC1=[C-]CC=C1.CCC(C)CC1=[C-]CC=C1.CCC(C)CC1=[C-]CC=C1.[Cl-].[Cl-].[Cl-].[Cl-].[Zr+4].[Zr+4]. The molecule has 4 aliphatic carbocycles.